The van der Waals surface area contributed by atoms with Crippen molar-refractivity contribution in [2.24, 2.45) is 0 Å². The van der Waals surface area contributed by atoms with Gasteiger partial charge in [0.25, 0.3) is 0 Å². The Morgan fingerprint density at radius 2 is 0.812 bits per heavy atom. The summed E-state index contributed by atoms with van der Waals surface area (Å²) in [5.74, 6) is 0. The summed E-state index contributed by atoms with van der Waals surface area (Å²) < 4.78 is 7.05. The van der Waals surface area contributed by atoms with Crippen molar-refractivity contribution in [2.75, 3.05) is 0 Å². The van der Waals surface area contributed by atoms with Crippen LogP contribution in [0, 0.1) is 0 Å². The molecule has 1 aliphatic carbocycles. The minimum atomic E-state index is -0.0934. The molecule has 64 heavy (non-hydrogen) atoms. The molecule has 14 rings (SSSR count). The first-order valence-electron chi connectivity index (χ1n) is 22.4. The molecule has 0 spiro atoms. The van der Waals surface area contributed by atoms with E-state index >= 15 is 0 Å². The third kappa shape index (κ3) is 5.01. The summed E-state index contributed by atoms with van der Waals surface area (Å²) in [4.78, 5) is 0. The number of hydrogen-bond donors (Lipinski definition) is 0. The maximum atomic E-state index is 7.05. The van der Waals surface area contributed by atoms with Crippen molar-refractivity contribution in [3.63, 3.8) is 0 Å². The fourth-order valence-electron chi connectivity index (χ4n) is 11.4. The predicted molar refractivity (Wildman–Crippen MR) is 272 cm³/mol. The van der Waals surface area contributed by atoms with E-state index in [9.17, 15) is 0 Å². The van der Waals surface area contributed by atoms with Crippen LogP contribution in [0.2, 0.25) is 0 Å². The molecule has 1 heteroatoms. The maximum Gasteiger partial charge on any atom is 0.143 e. The molecule has 1 nitrogen and oxygen atoms in total. The van der Waals surface area contributed by atoms with Crippen LogP contribution < -0.4 is 0 Å². The first kappa shape index (κ1) is 35.6. The molecule has 0 saturated heterocycles. The van der Waals surface area contributed by atoms with Gasteiger partial charge in [-0.05, 0) is 151 Å². The number of fused-ring (bicyclic) bond motifs is 8. The number of rotatable bonds is 4. The topological polar surface area (TPSA) is 13.1 Å². The van der Waals surface area contributed by atoms with Crippen molar-refractivity contribution < 1.29 is 4.42 Å². The standard InChI is InChI=1S/C63H40O/c1-63(2)56-35-46(24-27-50(56)54-32-42-12-6-8-14-44(42)34-57(54)63)37-16-18-39(19-17-37)48-30-31-53(61-55-33-43-13-7-9-15-45(43)36-58(55)64-62(48)61)49-26-21-41-22-28-51-47(38-10-4-3-5-11-38)25-20-40-23-29-52(49)60(41)59(40)51/h3-36H,1-2H3. The molecular formula is C63H40O. The van der Waals surface area contributed by atoms with Crippen LogP contribution in [0.1, 0.15) is 25.0 Å². The minimum Gasteiger partial charge on any atom is -0.455 e. The molecule has 0 unspecified atom stereocenters. The van der Waals surface area contributed by atoms with Crippen molar-refractivity contribution in [2.45, 2.75) is 19.3 Å². The molecule has 1 heterocycles. The number of benzene rings is 12. The Hall–Kier alpha value is -8.00. The second-order valence-corrected chi connectivity index (χ2v) is 18.4. The van der Waals surface area contributed by atoms with Gasteiger partial charge < -0.3 is 4.42 Å². The molecule has 1 aromatic heterocycles. The Labute approximate surface area is 370 Å². The fraction of sp³-hybridized carbons (Fsp3) is 0.0476. The van der Waals surface area contributed by atoms with E-state index in [0.717, 1.165) is 33.1 Å². The van der Waals surface area contributed by atoms with E-state index in [4.69, 9.17) is 4.42 Å². The highest BCUT2D eigenvalue weighted by atomic mass is 16.3. The first-order chi connectivity index (χ1) is 31.5. The fourth-order valence-corrected chi connectivity index (χ4v) is 11.4. The van der Waals surface area contributed by atoms with E-state index in [1.165, 1.54) is 109 Å². The van der Waals surface area contributed by atoms with E-state index in [0.29, 0.717) is 0 Å². The van der Waals surface area contributed by atoms with Crippen LogP contribution in [-0.2, 0) is 5.41 Å². The first-order valence-corrected chi connectivity index (χ1v) is 22.4. The van der Waals surface area contributed by atoms with Gasteiger partial charge in [0.1, 0.15) is 11.2 Å². The molecule has 0 atom stereocenters. The quantitative estimate of drug-likeness (QED) is 0.161. The SMILES string of the molecule is CC1(C)c2cc(-c3ccc(-c4ccc(-c5ccc6ccc7c(-c8ccccc8)ccc8ccc5c6c87)c5c4oc4cc6ccccc6cc45)cc3)ccc2-c2cc3ccccc3cc21. The Bertz CT molecular complexity index is 4070. The summed E-state index contributed by atoms with van der Waals surface area (Å²) in [5.41, 5.74) is 16.8. The average molecular weight is 813 g/mol. The summed E-state index contributed by atoms with van der Waals surface area (Å²) in [6, 6.07) is 76.6. The van der Waals surface area contributed by atoms with E-state index in [1.807, 2.05) is 0 Å². The Kier molecular flexibility index (Phi) is 7.24. The molecule has 13 aromatic rings. The third-order valence-electron chi connectivity index (χ3n) is 14.6. The van der Waals surface area contributed by atoms with Crippen LogP contribution >= 0.6 is 0 Å². The smallest absolute Gasteiger partial charge is 0.143 e. The summed E-state index contributed by atoms with van der Waals surface area (Å²) in [7, 11) is 0. The Morgan fingerprint density at radius 3 is 1.55 bits per heavy atom. The zero-order chi connectivity index (χ0) is 42.3. The lowest BCUT2D eigenvalue weighted by molar-refractivity contribution is 0.661. The summed E-state index contributed by atoms with van der Waals surface area (Å²) in [5, 5.41) is 14.9. The van der Waals surface area contributed by atoms with Crippen LogP contribution in [0.5, 0.6) is 0 Å². The normalized spacial score (nSPS) is 13.3. The number of hydrogen-bond acceptors (Lipinski definition) is 1. The van der Waals surface area contributed by atoms with Crippen LogP contribution in [0.25, 0.3) is 131 Å². The zero-order valence-electron chi connectivity index (χ0n) is 35.5. The van der Waals surface area contributed by atoms with Crippen LogP contribution in [0.4, 0.5) is 0 Å². The molecule has 0 fully saturated rings. The van der Waals surface area contributed by atoms with Gasteiger partial charge in [-0.3, -0.25) is 0 Å². The lowest BCUT2D eigenvalue weighted by atomic mass is 9.81. The third-order valence-corrected chi connectivity index (χ3v) is 14.6. The predicted octanol–water partition coefficient (Wildman–Crippen LogP) is 17.8. The van der Waals surface area contributed by atoms with Crippen molar-refractivity contribution in [3.8, 4) is 55.6 Å². The van der Waals surface area contributed by atoms with Gasteiger partial charge in [0.2, 0.25) is 0 Å². The van der Waals surface area contributed by atoms with E-state index < -0.39 is 0 Å². The monoisotopic (exact) mass is 812 g/mol. The molecule has 0 saturated carbocycles. The van der Waals surface area contributed by atoms with Gasteiger partial charge in [-0.2, -0.15) is 0 Å². The summed E-state index contributed by atoms with van der Waals surface area (Å²) in [6.45, 7) is 4.74. The highest BCUT2D eigenvalue weighted by Gasteiger charge is 2.36. The second-order valence-electron chi connectivity index (χ2n) is 18.4. The molecule has 0 radical (unpaired) electrons. The van der Waals surface area contributed by atoms with Gasteiger partial charge in [-0.1, -0.05) is 184 Å². The Morgan fingerprint density at radius 1 is 0.297 bits per heavy atom. The number of furan rings is 1. The minimum absolute atomic E-state index is 0.0934. The lowest BCUT2D eigenvalue weighted by Gasteiger charge is -2.22. The van der Waals surface area contributed by atoms with Gasteiger partial charge in [0, 0.05) is 21.8 Å². The molecular weight excluding hydrogens is 773 g/mol. The van der Waals surface area contributed by atoms with Crippen molar-refractivity contribution in [3.05, 3.63) is 217 Å². The summed E-state index contributed by atoms with van der Waals surface area (Å²) in [6.07, 6.45) is 0. The molecule has 298 valence electrons. The van der Waals surface area contributed by atoms with Crippen LogP contribution in [0.3, 0.4) is 0 Å². The zero-order valence-corrected chi connectivity index (χ0v) is 35.5. The highest BCUT2D eigenvalue weighted by molar-refractivity contribution is 6.29. The summed E-state index contributed by atoms with van der Waals surface area (Å²) >= 11 is 0. The van der Waals surface area contributed by atoms with Gasteiger partial charge in [-0.25, -0.2) is 0 Å². The van der Waals surface area contributed by atoms with Gasteiger partial charge in [0.05, 0.1) is 0 Å². The molecule has 12 aromatic carbocycles. The molecule has 0 amide bonds. The van der Waals surface area contributed by atoms with Crippen molar-refractivity contribution in [1.29, 1.82) is 0 Å². The van der Waals surface area contributed by atoms with Gasteiger partial charge >= 0.3 is 0 Å². The molecule has 1 aliphatic rings. The molecule has 0 aliphatic heterocycles. The maximum absolute atomic E-state index is 7.05. The average Bonchev–Trinajstić information content (AvgIpc) is 3.82. The molecule has 0 bridgehead atoms. The van der Waals surface area contributed by atoms with E-state index in [2.05, 4.69) is 220 Å². The van der Waals surface area contributed by atoms with Crippen LogP contribution in [-0.4, -0.2) is 0 Å². The lowest BCUT2D eigenvalue weighted by Crippen LogP contribution is -2.15. The Balaban J connectivity index is 0.928. The highest BCUT2D eigenvalue weighted by Crippen LogP contribution is 2.52. The largest absolute Gasteiger partial charge is 0.455 e. The van der Waals surface area contributed by atoms with Gasteiger partial charge in [0.15, 0.2) is 0 Å². The van der Waals surface area contributed by atoms with Crippen LogP contribution in [0.15, 0.2) is 211 Å². The van der Waals surface area contributed by atoms with Crippen molar-refractivity contribution >= 4 is 75.8 Å². The second kappa shape index (κ2) is 13.0. The van der Waals surface area contributed by atoms with E-state index in [1.54, 1.807) is 0 Å². The van der Waals surface area contributed by atoms with E-state index in [-0.39, 0.29) is 5.41 Å². The van der Waals surface area contributed by atoms with Gasteiger partial charge in [-0.15, -0.1) is 0 Å². The molecule has 0 N–H and O–H groups in total. The van der Waals surface area contributed by atoms with Crippen molar-refractivity contribution in [1.82, 2.24) is 0 Å².